The summed E-state index contributed by atoms with van der Waals surface area (Å²) in [5.74, 6) is 1.10. The van der Waals surface area contributed by atoms with Gasteiger partial charge in [-0.3, -0.25) is 4.90 Å². The van der Waals surface area contributed by atoms with Gasteiger partial charge in [-0.15, -0.1) is 0 Å². The number of unbranched alkanes of at least 4 members (excludes halogenated alkanes) is 1. The Morgan fingerprint density at radius 3 is 2.58 bits per heavy atom. The first kappa shape index (κ1) is 14.8. The largest absolute Gasteiger partial charge is 0.354 e. The van der Waals surface area contributed by atoms with E-state index >= 15 is 0 Å². The predicted molar refractivity (Wildman–Crippen MR) is 83.6 cm³/mol. The van der Waals surface area contributed by atoms with Gasteiger partial charge in [-0.1, -0.05) is 0 Å². The molecule has 2 rings (SSSR count). The molecule has 0 aromatic carbocycles. The van der Waals surface area contributed by atoms with Crippen molar-refractivity contribution < 1.29 is 0 Å². The molecule has 2 heterocycles. The van der Waals surface area contributed by atoms with Crippen LogP contribution in [0, 0.1) is 6.92 Å². The summed E-state index contributed by atoms with van der Waals surface area (Å²) in [5.41, 5.74) is 6.59. The Kier molecular flexibility index (Phi) is 5.60. The molecular weight excluding hydrogens is 304 g/mol. The molecule has 0 bridgehead atoms. The van der Waals surface area contributed by atoms with Crippen molar-refractivity contribution in [1.82, 2.24) is 9.88 Å². The summed E-state index contributed by atoms with van der Waals surface area (Å²) < 4.78 is 1.08. The van der Waals surface area contributed by atoms with Crippen LogP contribution in [0.4, 0.5) is 5.82 Å². The molecule has 0 spiro atoms. The second kappa shape index (κ2) is 7.22. The van der Waals surface area contributed by atoms with E-state index in [1.54, 1.807) is 0 Å². The Morgan fingerprint density at radius 2 is 1.95 bits per heavy atom. The molecule has 1 saturated heterocycles. The topological polar surface area (TPSA) is 45.4 Å². The van der Waals surface area contributed by atoms with Gasteiger partial charge in [0.2, 0.25) is 0 Å². The van der Waals surface area contributed by atoms with E-state index in [0.717, 1.165) is 55.1 Å². The number of hydrogen-bond donors (Lipinski definition) is 1. The zero-order valence-corrected chi connectivity index (χ0v) is 13.2. The number of aromatic nitrogens is 1. The van der Waals surface area contributed by atoms with Gasteiger partial charge in [0, 0.05) is 30.7 Å². The SMILES string of the molecule is Cc1nc(N2CCN(CCCCN)CC2)ccc1Br. The van der Waals surface area contributed by atoms with Crippen LogP contribution in [-0.2, 0) is 0 Å². The van der Waals surface area contributed by atoms with Gasteiger partial charge in [0.15, 0.2) is 0 Å². The highest BCUT2D eigenvalue weighted by Gasteiger charge is 2.17. The first-order valence-electron chi connectivity index (χ1n) is 7.01. The molecule has 0 unspecified atom stereocenters. The van der Waals surface area contributed by atoms with Crippen LogP contribution in [0.5, 0.6) is 0 Å². The zero-order valence-electron chi connectivity index (χ0n) is 11.6. The number of pyridine rings is 1. The van der Waals surface area contributed by atoms with Gasteiger partial charge in [0.05, 0.1) is 5.69 Å². The van der Waals surface area contributed by atoms with Crippen molar-refractivity contribution in [3.63, 3.8) is 0 Å². The molecule has 0 amide bonds. The molecule has 1 aromatic heterocycles. The highest BCUT2D eigenvalue weighted by atomic mass is 79.9. The van der Waals surface area contributed by atoms with E-state index in [-0.39, 0.29) is 0 Å². The first-order chi connectivity index (χ1) is 9.20. The third-order valence-electron chi connectivity index (χ3n) is 3.63. The average molecular weight is 327 g/mol. The molecule has 0 atom stereocenters. The lowest BCUT2D eigenvalue weighted by Gasteiger charge is -2.35. The highest BCUT2D eigenvalue weighted by molar-refractivity contribution is 9.10. The van der Waals surface area contributed by atoms with E-state index in [1.165, 1.54) is 13.0 Å². The number of rotatable bonds is 5. The third kappa shape index (κ3) is 4.16. The quantitative estimate of drug-likeness (QED) is 0.841. The molecular formula is C14H23BrN4. The van der Waals surface area contributed by atoms with Crippen molar-refractivity contribution in [1.29, 1.82) is 0 Å². The van der Waals surface area contributed by atoms with Crippen LogP contribution in [0.25, 0.3) is 0 Å². The fourth-order valence-electron chi connectivity index (χ4n) is 2.39. The second-order valence-electron chi connectivity index (χ2n) is 5.06. The fraction of sp³-hybridized carbons (Fsp3) is 0.643. The van der Waals surface area contributed by atoms with Gasteiger partial charge in [0.1, 0.15) is 5.82 Å². The molecule has 2 N–H and O–H groups in total. The Balaban J connectivity index is 1.84. The summed E-state index contributed by atoms with van der Waals surface area (Å²) in [6.07, 6.45) is 2.35. The Hall–Kier alpha value is -0.650. The first-order valence-corrected chi connectivity index (χ1v) is 7.80. The molecule has 19 heavy (non-hydrogen) atoms. The summed E-state index contributed by atoms with van der Waals surface area (Å²) in [6.45, 7) is 8.41. The van der Waals surface area contributed by atoms with Gasteiger partial charge >= 0.3 is 0 Å². The van der Waals surface area contributed by atoms with Crippen molar-refractivity contribution in [2.75, 3.05) is 44.2 Å². The van der Waals surface area contributed by atoms with Crippen LogP contribution >= 0.6 is 15.9 Å². The zero-order chi connectivity index (χ0) is 13.7. The molecule has 5 heteroatoms. The third-order valence-corrected chi connectivity index (χ3v) is 4.47. The standard InChI is InChI=1S/C14H23BrN4/c1-12-13(15)4-5-14(17-12)19-10-8-18(9-11-19)7-3-2-6-16/h4-5H,2-3,6-11,16H2,1H3. The van der Waals surface area contributed by atoms with E-state index in [0.29, 0.717) is 0 Å². The molecule has 1 aromatic rings. The number of piperazine rings is 1. The molecule has 0 radical (unpaired) electrons. The van der Waals surface area contributed by atoms with Crippen LogP contribution in [0.2, 0.25) is 0 Å². The number of aryl methyl sites for hydroxylation is 1. The maximum absolute atomic E-state index is 5.53. The van der Waals surface area contributed by atoms with E-state index in [1.807, 2.05) is 6.92 Å². The van der Waals surface area contributed by atoms with E-state index < -0.39 is 0 Å². The van der Waals surface area contributed by atoms with Crippen molar-refractivity contribution in [3.8, 4) is 0 Å². The van der Waals surface area contributed by atoms with Crippen molar-refractivity contribution in [2.45, 2.75) is 19.8 Å². The van der Waals surface area contributed by atoms with Gasteiger partial charge in [0.25, 0.3) is 0 Å². The van der Waals surface area contributed by atoms with Crippen molar-refractivity contribution in [2.24, 2.45) is 5.73 Å². The minimum Gasteiger partial charge on any atom is -0.354 e. The minimum absolute atomic E-state index is 0.808. The monoisotopic (exact) mass is 326 g/mol. The van der Waals surface area contributed by atoms with Crippen LogP contribution in [0.15, 0.2) is 16.6 Å². The summed E-state index contributed by atoms with van der Waals surface area (Å²) in [7, 11) is 0. The maximum Gasteiger partial charge on any atom is 0.128 e. The summed E-state index contributed by atoms with van der Waals surface area (Å²) in [5, 5.41) is 0. The lowest BCUT2D eigenvalue weighted by atomic mass is 10.2. The van der Waals surface area contributed by atoms with Crippen molar-refractivity contribution in [3.05, 3.63) is 22.3 Å². The lowest BCUT2D eigenvalue weighted by molar-refractivity contribution is 0.253. The highest BCUT2D eigenvalue weighted by Crippen LogP contribution is 2.20. The number of halogens is 1. The lowest BCUT2D eigenvalue weighted by Crippen LogP contribution is -2.47. The Labute approximate surface area is 124 Å². The number of hydrogen-bond acceptors (Lipinski definition) is 4. The Morgan fingerprint density at radius 1 is 1.21 bits per heavy atom. The summed E-state index contributed by atoms with van der Waals surface area (Å²) in [4.78, 5) is 9.54. The molecule has 1 aliphatic heterocycles. The normalized spacial score (nSPS) is 16.9. The van der Waals surface area contributed by atoms with E-state index in [2.05, 4.69) is 42.8 Å². The fourth-order valence-corrected chi connectivity index (χ4v) is 2.61. The molecule has 1 aliphatic rings. The van der Waals surface area contributed by atoms with Crippen LogP contribution in [0.3, 0.4) is 0 Å². The van der Waals surface area contributed by atoms with Gasteiger partial charge in [-0.05, 0) is 60.9 Å². The van der Waals surface area contributed by atoms with Crippen molar-refractivity contribution >= 4 is 21.7 Å². The second-order valence-corrected chi connectivity index (χ2v) is 5.92. The van der Waals surface area contributed by atoms with Gasteiger partial charge in [-0.2, -0.15) is 0 Å². The van der Waals surface area contributed by atoms with Crippen LogP contribution in [-0.4, -0.2) is 49.2 Å². The summed E-state index contributed by atoms with van der Waals surface area (Å²) in [6, 6.07) is 4.19. The smallest absolute Gasteiger partial charge is 0.128 e. The minimum atomic E-state index is 0.808. The summed E-state index contributed by atoms with van der Waals surface area (Å²) >= 11 is 3.50. The molecule has 4 nitrogen and oxygen atoms in total. The molecule has 0 aliphatic carbocycles. The van der Waals surface area contributed by atoms with Gasteiger partial charge in [-0.25, -0.2) is 4.98 Å². The van der Waals surface area contributed by atoms with E-state index in [9.17, 15) is 0 Å². The van der Waals surface area contributed by atoms with Crippen LogP contribution in [0.1, 0.15) is 18.5 Å². The predicted octanol–water partition coefficient (Wildman–Crippen LogP) is 2.01. The van der Waals surface area contributed by atoms with Gasteiger partial charge < -0.3 is 10.6 Å². The average Bonchev–Trinajstić information content (AvgIpc) is 2.43. The number of anilines is 1. The number of nitrogens with zero attached hydrogens (tertiary/aromatic N) is 3. The van der Waals surface area contributed by atoms with Crippen LogP contribution < -0.4 is 10.6 Å². The Bertz CT molecular complexity index is 402. The molecule has 106 valence electrons. The number of nitrogens with two attached hydrogens (primary N) is 1. The maximum atomic E-state index is 5.53. The van der Waals surface area contributed by atoms with E-state index in [4.69, 9.17) is 5.73 Å². The molecule has 1 fully saturated rings. The molecule has 0 saturated carbocycles.